The summed E-state index contributed by atoms with van der Waals surface area (Å²) < 4.78 is 11.1. The summed E-state index contributed by atoms with van der Waals surface area (Å²) in [7, 11) is 1.69. The molecule has 5 rings (SSSR count). The Hall–Kier alpha value is -3.20. The van der Waals surface area contributed by atoms with Crippen molar-refractivity contribution in [2.75, 3.05) is 49.6 Å². The number of nitrogens with zero attached hydrogens (tertiary/aromatic N) is 4. The molecule has 1 saturated heterocycles. The number of aryl methyl sites for hydroxylation is 1. The molecule has 0 atom stereocenters. The largest absolute Gasteiger partial charge is 0.497 e. The van der Waals surface area contributed by atoms with E-state index in [0.29, 0.717) is 17.4 Å². The maximum absolute atomic E-state index is 12.3. The van der Waals surface area contributed by atoms with E-state index >= 15 is 0 Å². The molecule has 9 heteroatoms. The molecule has 0 radical (unpaired) electrons. The minimum atomic E-state index is -0.140. The predicted molar refractivity (Wildman–Crippen MR) is 142 cm³/mol. The molecule has 190 valence electrons. The Bertz CT molecular complexity index is 1170. The number of anilines is 2. The molecule has 2 aromatic heterocycles. The number of thioether (sulfide) groups is 1. The highest BCUT2D eigenvalue weighted by molar-refractivity contribution is 7.98. The molecule has 1 aliphatic carbocycles. The van der Waals surface area contributed by atoms with Crippen LogP contribution in [-0.2, 0) is 12.2 Å². The Morgan fingerprint density at radius 1 is 1.08 bits per heavy atom. The average Bonchev–Trinajstić information content (AvgIpc) is 3.65. The minimum Gasteiger partial charge on any atom is -0.497 e. The van der Waals surface area contributed by atoms with Gasteiger partial charge in [-0.2, -0.15) is 0 Å². The normalized spacial score (nSPS) is 15.7. The van der Waals surface area contributed by atoms with Crippen LogP contribution in [0.4, 0.5) is 11.5 Å². The second kappa shape index (κ2) is 11.2. The lowest BCUT2D eigenvalue weighted by atomic mass is 10.2. The Morgan fingerprint density at radius 2 is 1.83 bits per heavy atom. The van der Waals surface area contributed by atoms with E-state index in [1.165, 1.54) is 30.3 Å². The van der Waals surface area contributed by atoms with Crippen LogP contribution in [0.2, 0.25) is 0 Å². The van der Waals surface area contributed by atoms with Gasteiger partial charge in [0.25, 0.3) is 5.91 Å². The van der Waals surface area contributed by atoms with E-state index in [1.807, 2.05) is 18.2 Å². The first-order chi connectivity index (χ1) is 17.6. The van der Waals surface area contributed by atoms with E-state index in [0.717, 1.165) is 67.3 Å². The van der Waals surface area contributed by atoms with E-state index in [-0.39, 0.29) is 5.91 Å². The summed E-state index contributed by atoms with van der Waals surface area (Å²) in [6.07, 6.45) is 3.26. The fourth-order valence-electron chi connectivity index (χ4n) is 4.21. The Labute approximate surface area is 216 Å². The summed E-state index contributed by atoms with van der Waals surface area (Å²) in [6.45, 7) is 6.50. The van der Waals surface area contributed by atoms with E-state index in [9.17, 15) is 4.79 Å². The molecule has 0 spiro atoms. The summed E-state index contributed by atoms with van der Waals surface area (Å²) in [4.78, 5) is 26.6. The molecule has 2 fully saturated rings. The van der Waals surface area contributed by atoms with Crippen LogP contribution in [0.3, 0.4) is 0 Å². The third-order valence-corrected chi connectivity index (χ3v) is 7.50. The molecule has 36 heavy (non-hydrogen) atoms. The lowest BCUT2D eigenvalue weighted by molar-refractivity contribution is 0.0922. The third-order valence-electron chi connectivity index (χ3n) is 6.63. The third kappa shape index (κ3) is 6.13. The van der Waals surface area contributed by atoms with Crippen molar-refractivity contribution in [3.63, 3.8) is 0 Å². The van der Waals surface area contributed by atoms with Gasteiger partial charge in [-0.3, -0.25) is 4.79 Å². The van der Waals surface area contributed by atoms with Crippen LogP contribution in [0, 0.1) is 5.92 Å². The standard InChI is InChI=1S/C27H33N5O3S/c1-3-20-16-25(32-14-12-31(13-15-32)21-6-8-22(34-2)9-7-21)30-27(29-20)36-18-23-10-11-24(35-23)26(33)28-17-19-4-5-19/h6-11,16,19H,3-5,12-15,17-18H2,1-2H3,(H,28,33). The zero-order valence-electron chi connectivity index (χ0n) is 20.9. The van der Waals surface area contributed by atoms with E-state index in [1.54, 1.807) is 13.2 Å². The molecule has 0 bridgehead atoms. The number of carbonyl (C=O) groups excluding carboxylic acids is 1. The van der Waals surface area contributed by atoms with Crippen molar-refractivity contribution in [1.82, 2.24) is 15.3 Å². The first-order valence-electron chi connectivity index (χ1n) is 12.6. The zero-order valence-corrected chi connectivity index (χ0v) is 21.7. The predicted octanol–water partition coefficient (Wildman–Crippen LogP) is 4.40. The fourth-order valence-corrected chi connectivity index (χ4v) is 4.98. The molecular weight excluding hydrogens is 474 g/mol. The number of carbonyl (C=O) groups is 1. The number of aromatic nitrogens is 2. The van der Waals surface area contributed by atoms with Crippen LogP contribution < -0.4 is 19.9 Å². The summed E-state index contributed by atoms with van der Waals surface area (Å²) in [5, 5.41) is 3.68. The molecule has 3 aromatic rings. The van der Waals surface area contributed by atoms with Gasteiger partial charge in [-0.05, 0) is 61.6 Å². The van der Waals surface area contributed by atoms with Crippen LogP contribution >= 0.6 is 11.8 Å². The highest BCUT2D eigenvalue weighted by Gasteiger charge is 2.23. The first-order valence-corrected chi connectivity index (χ1v) is 13.6. The number of methoxy groups -OCH3 is 1. The second-order valence-corrected chi connectivity index (χ2v) is 10.2. The number of piperazine rings is 1. The summed E-state index contributed by atoms with van der Waals surface area (Å²) in [5.74, 6) is 4.03. The smallest absolute Gasteiger partial charge is 0.287 e. The minimum absolute atomic E-state index is 0.140. The number of hydrogen-bond acceptors (Lipinski definition) is 8. The van der Waals surface area contributed by atoms with Crippen LogP contribution in [0.5, 0.6) is 5.75 Å². The van der Waals surface area contributed by atoms with Gasteiger partial charge in [0.1, 0.15) is 17.3 Å². The molecule has 0 unspecified atom stereocenters. The quantitative estimate of drug-likeness (QED) is 0.319. The van der Waals surface area contributed by atoms with E-state index < -0.39 is 0 Å². The molecule has 2 aliphatic rings. The van der Waals surface area contributed by atoms with Crippen molar-refractivity contribution in [2.24, 2.45) is 5.92 Å². The number of benzene rings is 1. The fraction of sp³-hybridized carbons (Fsp3) is 0.444. The summed E-state index contributed by atoms with van der Waals surface area (Å²) >= 11 is 1.54. The van der Waals surface area contributed by atoms with Gasteiger partial charge < -0.3 is 24.3 Å². The first kappa shape index (κ1) is 24.5. The lowest BCUT2D eigenvalue weighted by Crippen LogP contribution is -2.46. The SMILES string of the molecule is CCc1cc(N2CCN(c3ccc(OC)cc3)CC2)nc(SCc2ccc(C(=O)NCC3CC3)o2)n1. The number of hydrogen-bond donors (Lipinski definition) is 1. The molecule has 3 heterocycles. The van der Waals surface area contributed by atoms with Gasteiger partial charge in [0, 0.05) is 50.2 Å². The Kier molecular flexibility index (Phi) is 7.65. The van der Waals surface area contributed by atoms with E-state index in [2.05, 4.69) is 40.2 Å². The highest BCUT2D eigenvalue weighted by atomic mass is 32.2. The number of ether oxygens (including phenoxy) is 1. The monoisotopic (exact) mass is 507 g/mol. The molecule has 1 saturated carbocycles. The number of nitrogens with one attached hydrogen (secondary N) is 1. The van der Waals surface area contributed by atoms with Crippen LogP contribution in [0.15, 0.2) is 52.0 Å². The van der Waals surface area contributed by atoms with Gasteiger partial charge in [0.15, 0.2) is 10.9 Å². The van der Waals surface area contributed by atoms with Gasteiger partial charge in [0.05, 0.1) is 12.9 Å². The van der Waals surface area contributed by atoms with Crippen molar-refractivity contribution >= 4 is 29.2 Å². The average molecular weight is 508 g/mol. The maximum Gasteiger partial charge on any atom is 0.287 e. The Balaban J connectivity index is 1.18. The van der Waals surface area contributed by atoms with Crippen molar-refractivity contribution in [3.8, 4) is 5.75 Å². The van der Waals surface area contributed by atoms with E-state index in [4.69, 9.17) is 19.1 Å². The van der Waals surface area contributed by atoms with Crippen molar-refractivity contribution in [1.29, 1.82) is 0 Å². The van der Waals surface area contributed by atoms with Gasteiger partial charge in [0.2, 0.25) is 0 Å². The summed E-state index contributed by atoms with van der Waals surface area (Å²) in [6, 6.07) is 13.9. The van der Waals surface area contributed by atoms with Crippen LogP contribution in [-0.4, -0.2) is 55.7 Å². The van der Waals surface area contributed by atoms with Crippen LogP contribution in [0.1, 0.15) is 41.8 Å². The molecule has 1 aliphatic heterocycles. The number of rotatable bonds is 10. The molecule has 1 N–H and O–H groups in total. The van der Waals surface area contributed by atoms with Crippen LogP contribution in [0.25, 0.3) is 0 Å². The highest BCUT2D eigenvalue weighted by Crippen LogP contribution is 2.28. The lowest BCUT2D eigenvalue weighted by Gasteiger charge is -2.37. The maximum atomic E-state index is 12.3. The van der Waals surface area contributed by atoms with Gasteiger partial charge in [-0.25, -0.2) is 9.97 Å². The second-order valence-electron chi connectivity index (χ2n) is 9.23. The van der Waals surface area contributed by atoms with Crippen molar-refractivity contribution < 1.29 is 13.9 Å². The van der Waals surface area contributed by atoms with Crippen molar-refractivity contribution in [2.45, 2.75) is 37.1 Å². The van der Waals surface area contributed by atoms with Gasteiger partial charge in [-0.15, -0.1) is 0 Å². The molecule has 8 nitrogen and oxygen atoms in total. The van der Waals surface area contributed by atoms with Gasteiger partial charge >= 0.3 is 0 Å². The molecule has 1 aromatic carbocycles. The van der Waals surface area contributed by atoms with Crippen molar-refractivity contribution in [3.05, 3.63) is 59.7 Å². The topological polar surface area (TPSA) is 83.7 Å². The number of amides is 1. The number of furan rings is 1. The summed E-state index contributed by atoms with van der Waals surface area (Å²) in [5.41, 5.74) is 2.24. The molecule has 1 amide bonds. The Morgan fingerprint density at radius 3 is 2.53 bits per heavy atom. The zero-order chi connectivity index (χ0) is 24.9. The van der Waals surface area contributed by atoms with Gasteiger partial charge in [-0.1, -0.05) is 18.7 Å². The molecular formula is C27H33N5O3S.